The van der Waals surface area contributed by atoms with E-state index in [4.69, 9.17) is 31.2 Å². The maximum atomic E-state index is 12.9. The van der Waals surface area contributed by atoms with Crippen LogP contribution in [0, 0.1) is 0 Å². The molecule has 1 aliphatic heterocycles. The van der Waals surface area contributed by atoms with Crippen LogP contribution in [-0.2, 0) is 14.3 Å². The number of hydrogen-bond acceptors (Lipinski definition) is 7. The minimum atomic E-state index is -0.559. The lowest BCUT2D eigenvalue weighted by Crippen LogP contribution is -2.46. The normalized spacial score (nSPS) is 15.2. The molecule has 0 aliphatic carbocycles. The van der Waals surface area contributed by atoms with Crippen molar-refractivity contribution in [3.8, 4) is 11.5 Å². The molecule has 0 saturated heterocycles. The van der Waals surface area contributed by atoms with E-state index in [0.29, 0.717) is 39.3 Å². The standard InChI is InChI=1S/C25H30N4O6S/c1-15-21(23(30)35-10-9-32-3)22(28-25(36)29(15)2)16-7-6-8-17(11-16)26-24(31)27-18-12-19(33-4)14-20(13-18)34-5/h6-8,11-14,22H,9-10H2,1-5H3,(H,28,36)(H2,26,27,31). The van der Waals surface area contributed by atoms with Gasteiger partial charge in [-0.3, -0.25) is 0 Å². The minimum absolute atomic E-state index is 0.129. The number of carbonyl (C=O) groups is 2. The van der Waals surface area contributed by atoms with Gasteiger partial charge in [0.25, 0.3) is 0 Å². The van der Waals surface area contributed by atoms with E-state index < -0.39 is 18.0 Å². The van der Waals surface area contributed by atoms with Crippen molar-refractivity contribution in [3.05, 3.63) is 59.3 Å². The SMILES string of the molecule is COCCOC(=O)C1=C(C)N(C)C(=S)NC1c1cccc(NC(=O)Nc2cc(OC)cc(OC)c2)c1. The van der Waals surface area contributed by atoms with Crippen LogP contribution in [0.2, 0.25) is 0 Å². The summed E-state index contributed by atoms with van der Waals surface area (Å²) in [6.07, 6.45) is 0. The van der Waals surface area contributed by atoms with Crippen LogP contribution in [0.5, 0.6) is 11.5 Å². The summed E-state index contributed by atoms with van der Waals surface area (Å²) in [6.45, 7) is 2.23. The van der Waals surface area contributed by atoms with Crippen molar-refractivity contribution < 1.29 is 28.5 Å². The zero-order valence-corrected chi connectivity index (χ0v) is 21.7. The van der Waals surface area contributed by atoms with Crippen molar-refractivity contribution in [2.75, 3.05) is 52.2 Å². The molecule has 2 aromatic carbocycles. The first-order chi connectivity index (χ1) is 17.3. The average Bonchev–Trinajstić information content (AvgIpc) is 2.86. The molecule has 0 bridgehead atoms. The van der Waals surface area contributed by atoms with Gasteiger partial charge in [0.1, 0.15) is 18.1 Å². The molecular weight excluding hydrogens is 484 g/mol. The van der Waals surface area contributed by atoms with E-state index in [0.717, 1.165) is 5.56 Å². The smallest absolute Gasteiger partial charge is 0.338 e. The molecule has 0 spiro atoms. The molecule has 3 N–H and O–H groups in total. The molecular formula is C25H30N4O6S. The van der Waals surface area contributed by atoms with Gasteiger partial charge in [-0.2, -0.15) is 0 Å². The van der Waals surface area contributed by atoms with Crippen molar-refractivity contribution in [1.29, 1.82) is 0 Å². The number of carbonyl (C=O) groups excluding carboxylic acids is 2. The summed E-state index contributed by atoms with van der Waals surface area (Å²) in [4.78, 5) is 27.4. The summed E-state index contributed by atoms with van der Waals surface area (Å²) < 4.78 is 20.9. The van der Waals surface area contributed by atoms with Crippen LogP contribution in [0.15, 0.2) is 53.7 Å². The number of anilines is 2. The van der Waals surface area contributed by atoms with Crippen LogP contribution < -0.4 is 25.4 Å². The molecule has 36 heavy (non-hydrogen) atoms. The number of amides is 2. The van der Waals surface area contributed by atoms with Crippen molar-refractivity contribution in [2.45, 2.75) is 13.0 Å². The van der Waals surface area contributed by atoms with E-state index in [9.17, 15) is 9.59 Å². The van der Waals surface area contributed by atoms with E-state index in [2.05, 4.69) is 16.0 Å². The molecule has 2 amide bonds. The highest BCUT2D eigenvalue weighted by Gasteiger charge is 2.33. The van der Waals surface area contributed by atoms with E-state index in [1.54, 1.807) is 48.3 Å². The van der Waals surface area contributed by atoms with Gasteiger partial charge in [0.05, 0.1) is 32.4 Å². The lowest BCUT2D eigenvalue weighted by molar-refractivity contribution is -0.140. The van der Waals surface area contributed by atoms with Crippen molar-refractivity contribution >= 4 is 40.7 Å². The molecule has 0 saturated carbocycles. The molecule has 0 radical (unpaired) electrons. The first-order valence-electron chi connectivity index (χ1n) is 11.1. The second-order valence-corrected chi connectivity index (χ2v) is 8.26. The molecule has 1 atom stereocenters. The number of nitrogens with one attached hydrogen (secondary N) is 3. The molecule has 2 aromatic rings. The summed E-state index contributed by atoms with van der Waals surface area (Å²) in [6, 6.07) is 11.2. The molecule has 0 fully saturated rings. The molecule has 11 heteroatoms. The number of nitrogens with zero attached hydrogens (tertiary/aromatic N) is 1. The van der Waals surface area contributed by atoms with Gasteiger partial charge in [-0.15, -0.1) is 0 Å². The zero-order valence-electron chi connectivity index (χ0n) is 20.8. The molecule has 1 unspecified atom stereocenters. The van der Waals surface area contributed by atoms with Crippen LogP contribution in [0.4, 0.5) is 16.2 Å². The van der Waals surface area contributed by atoms with E-state index in [1.165, 1.54) is 21.3 Å². The second kappa shape index (κ2) is 12.2. The molecule has 0 aromatic heterocycles. The summed E-state index contributed by atoms with van der Waals surface area (Å²) >= 11 is 5.45. The maximum Gasteiger partial charge on any atom is 0.338 e. The van der Waals surface area contributed by atoms with E-state index in [1.807, 2.05) is 13.0 Å². The van der Waals surface area contributed by atoms with Crippen molar-refractivity contribution in [1.82, 2.24) is 10.2 Å². The Balaban J connectivity index is 1.81. The third kappa shape index (κ3) is 6.43. The Kier molecular flexibility index (Phi) is 9.09. The quantitative estimate of drug-likeness (QED) is 0.262. The number of methoxy groups -OCH3 is 3. The zero-order chi connectivity index (χ0) is 26.2. The van der Waals surface area contributed by atoms with E-state index in [-0.39, 0.29) is 13.2 Å². The van der Waals surface area contributed by atoms with Gasteiger partial charge in [0.15, 0.2) is 5.11 Å². The number of rotatable bonds is 9. The monoisotopic (exact) mass is 514 g/mol. The molecule has 1 aliphatic rings. The average molecular weight is 515 g/mol. The lowest BCUT2D eigenvalue weighted by Gasteiger charge is -2.35. The molecule has 10 nitrogen and oxygen atoms in total. The predicted molar refractivity (Wildman–Crippen MR) is 140 cm³/mol. The van der Waals surface area contributed by atoms with Gasteiger partial charge in [-0.05, 0) is 36.8 Å². The van der Waals surface area contributed by atoms with Crippen molar-refractivity contribution in [3.63, 3.8) is 0 Å². The van der Waals surface area contributed by atoms with Crippen LogP contribution in [0.25, 0.3) is 0 Å². The summed E-state index contributed by atoms with van der Waals surface area (Å²) in [7, 11) is 6.38. The van der Waals surface area contributed by atoms with Crippen LogP contribution in [0.1, 0.15) is 18.5 Å². The van der Waals surface area contributed by atoms with Crippen molar-refractivity contribution in [2.24, 2.45) is 0 Å². The van der Waals surface area contributed by atoms with Gasteiger partial charge in [-0.25, -0.2) is 9.59 Å². The highest BCUT2D eigenvalue weighted by molar-refractivity contribution is 7.80. The third-order valence-electron chi connectivity index (χ3n) is 5.58. The van der Waals surface area contributed by atoms with E-state index >= 15 is 0 Å². The first-order valence-corrected chi connectivity index (χ1v) is 11.5. The summed E-state index contributed by atoms with van der Waals surface area (Å²) in [5.41, 5.74) is 2.85. The lowest BCUT2D eigenvalue weighted by atomic mass is 9.95. The Morgan fingerprint density at radius 1 is 1.00 bits per heavy atom. The largest absolute Gasteiger partial charge is 0.497 e. The number of thiocarbonyl (C=S) groups is 1. The first kappa shape index (κ1) is 26.8. The van der Waals surface area contributed by atoms with Gasteiger partial charge >= 0.3 is 12.0 Å². The summed E-state index contributed by atoms with van der Waals surface area (Å²) in [5.74, 6) is 0.616. The Morgan fingerprint density at radius 2 is 1.67 bits per heavy atom. The third-order valence-corrected chi connectivity index (χ3v) is 5.97. The predicted octanol–water partition coefficient (Wildman–Crippen LogP) is 3.67. The number of ether oxygens (including phenoxy) is 4. The topological polar surface area (TPSA) is 110 Å². The fourth-order valence-electron chi connectivity index (χ4n) is 3.61. The highest BCUT2D eigenvalue weighted by Crippen LogP contribution is 2.32. The second-order valence-electron chi connectivity index (χ2n) is 7.88. The number of hydrogen-bond donors (Lipinski definition) is 3. The fourth-order valence-corrected chi connectivity index (χ4v) is 3.87. The molecule has 3 rings (SSSR count). The minimum Gasteiger partial charge on any atom is -0.497 e. The highest BCUT2D eigenvalue weighted by atomic mass is 32.1. The van der Waals surface area contributed by atoms with Crippen LogP contribution in [0.3, 0.4) is 0 Å². The van der Waals surface area contributed by atoms with Gasteiger partial charge < -0.3 is 39.8 Å². The van der Waals surface area contributed by atoms with Gasteiger partial charge in [-0.1, -0.05) is 12.1 Å². The number of benzene rings is 2. The number of allylic oxidation sites excluding steroid dienone is 1. The number of esters is 1. The number of urea groups is 1. The molecule has 192 valence electrons. The Morgan fingerprint density at radius 3 is 2.31 bits per heavy atom. The van der Waals surface area contributed by atoms with Crippen LogP contribution in [-0.4, -0.2) is 63.6 Å². The molecule has 1 heterocycles. The fraction of sp³-hybridized carbons (Fsp3) is 0.320. The van der Waals surface area contributed by atoms with Crippen LogP contribution >= 0.6 is 12.2 Å². The Bertz CT molecular complexity index is 1150. The van der Waals surface area contributed by atoms with Gasteiger partial charge in [0.2, 0.25) is 0 Å². The Labute approximate surface area is 215 Å². The van der Waals surface area contributed by atoms with Gasteiger partial charge in [0, 0.05) is 49.4 Å². The maximum absolute atomic E-state index is 12.9. The summed E-state index contributed by atoms with van der Waals surface area (Å²) in [5, 5.41) is 9.23. The Hall–Kier alpha value is -3.83.